The van der Waals surface area contributed by atoms with Gasteiger partial charge in [-0.3, -0.25) is 0 Å². The number of anilines is 2. The average molecular weight is 325 g/mol. The first kappa shape index (κ1) is 16.8. The summed E-state index contributed by atoms with van der Waals surface area (Å²) in [5, 5.41) is 2.52. The van der Waals surface area contributed by atoms with Crippen molar-refractivity contribution in [2.75, 3.05) is 11.9 Å². The molecule has 0 aromatic heterocycles. The van der Waals surface area contributed by atoms with Gasteiger partial charge in [0.2, 0.25) is 0 Å². The maximum Gasteiger partial charge on any atom is 0.0414 e. The monoisotopic (exact) mass is 325 g/mol. The lowest BCUT2D eigenvalue weighted by Gasteiger charge is -2.21. The van der Waals surface area contributed by atoms with E-state index >= 15 is 0 Å². The predicted octanol–water partition coefficient (Wildman–Crippen LogP) is 6.75. The number of fused-ring (bicyclic) bond motifs is 1. The van der Waals surface area contributed by atoms with E-state index in [2.05, 4.69) is 97.4 Å². The molecule has 1 heteroatoms. The fourth-order valence-electron chi connectivity index (χ4n) is 2.98. The van der Waals surface area contributed by atoms with Gasteiger partial charge < -0.3 is 4.90 Å². The Bertz CT molecular complexity index is 947. The van der Waals surface area contributed by atoms with Gasteiger partial charge in [-0.05, 0) is 53.1 Å². The molecule has 0 fully saturated rings. The van der Waals surface area contributed by atoms with Crippen molar-refractivity contribution in [3.63, 3.8) is 0 Å². The standard InChI is InChI=1S/C24H23N/c1-4-9-19(10-5-2)22-13-8-14-23(17-22)25(3)24-16-15-20-11-6-7-12-21(20)18-24/h4-18H,1H2,2-3H3/b10-5-,19-9+. The lowest BCUT2D eigenvalue weighted by molar-refractivity contribution is 1.21. The van der Waals surface area contributed by atoms with Gasteiger partial charge in [-0.1, -0.05) is 73.3 Å². The zero-order valence-electron chi connectivity index (χ0n) is 14.8. The third-order valence-corrected chi connectivity index (χ3v) is 4.33. The first-order chi connectivity index (χ1) is 12.2. The molecule has 0 spiro atoms. The molecule has 0 saturated heterocycles. The maximum atomic E-state index is 3.82. The Labute approximate surface area is 150 Å². The van der Waals surface area contributed by atoms with Crippen LogP contribution in [0.3, 0.4) is 0 Å². The molecule has 0 radical (unpaired) electrons. The zero-order chi connectivity index (χ0) is 17.6. The number of rotatable bonds is 5. The molecule has 0 aliphatic carbocycles. The fraction of sp³-hybridized carbons (Fsp3) is 0.0833. The predicted molar refractivity (Wildman–Crippen MR) is 111 cm³/mol. The van der Waals surface area contributed by atoms with Crippen LogP contribution in [0.25, 0.3) is 16.3 Å². The quantitative estimate of drug-likeness (QED) is 0.469. The first-order valence-corrected chi connectivity index (χ1v) is 8.51. The summed E-state index contributed by atoms with van der Waals surface area (Å²) < 4.78 is 0. The summed E-state index contributed by atoms with van der Waals surface area (Å²) in [5.74, 6) is 0. The molecule has 124 valence electrons. The number of allylic oxidation sites excluding steroid dienone is 5. The Morgan fingerprint density at radius 1 is 0.880 bits per heavy atom. The molecule has 3 aromatic rings. The second-order valence-corrected chi connectivity index (χ2v) is 6.00. The minimum atomic E-state index is 1.16. The molecule has 0 amide bonds. The van der Waals surface area contributed by atoms with Crippen LogP contribution in [0.2, 0.25) is 0 Å². The van der Waals surface area contributed by atoms with E-state index in [1.165, 1.54) is 22.0 Å². The Kier molecular flexibility index (Phi) is 5.15. The van der Waals surface area contributed by atoms with E-state index in [-0.39, 0.29) is 0 Å². The molecule has 0 saturated carbocycles. The summed E-state index contributed by atoms with van der Waals surface area (Å²) in [7, 11) is 2.11. The second kappa shape index (κ2) is 7.67. The van der Waals surface area contributed by atoms with Crippen molar-refractivity contribution in [2.45, 2.75) is 6.92 Å². The van der Waals surface area contributed by atoms with Gasteiger partial charge in [-0.15, -0.1) is 0 Å². The van der Waals surface area contributed by atoms with E-state index in [1.54, 1.807) is 0 Å². The molecule has 0 bridgehead atoms. The van der Waals surface area contributed by atoms with Gasteiger partial charge in [0.05, 0.1) is 0 Å². The van der Waals surface area contributed by atoms with Crippen LogP contribution in [0.5, 0.6) is 0 Å². The molecule has 3 rings (SSSR count). The van der Waals surface area contributed by atoms with Gasteiger partial charge >= 0.3 is 0 Å². The second-order valence-electron chi connectivity index (χ2n) is 6.00. The number of nitrogens with zero attached hydrogens (tertiary/aromatic N) is 1. The number of hydrogen-bond donors (Lipinski definition) is 0. The van der Waals surface area contributed by atoms with Crippen molar-refractivity contribution >= 4 is 27.7 Å². The van der Waals surface area contributed by atoms with Gasteiger partial charge in [-0.25, -0.2) is 0 Å². The summed E-state index contributed by atoms with van der Waals surface area (Å²) >= 11 is 0. The molecular weight excluding hydrogens is 302 g/mol. The normalized spacial score (nSPS) is 11.8. The van der Waals surface area contributed by atoms with Crippen LogP contribution in [0.1, 0.15) is 12.5 Å². The van der Waals surface area contributed by atoms with E-state index in [0.29, 0.717) is 0 Å². The minimum Gasteiger partial charge on any atom is -0.345 e. The SMILES string of the molecule is C=C/C=C(\C=C/C)c1cccc(N(C)c2ccc3ccccc3c2)c1. The molecular formula is C24H23N. The Hall–Kier alpha value is -3.06. The first-order valence-electron chi connectivity index (χ1n) is 8.51. The van der Waals surface area contributed by atoms with Gasteiger partial charge in [0.15, 0.2) is 0 Å². The van der Waals surface area contributed by atoms with Crippen LogP contribution >= 0.6 is 0 Å². The fourth-order valence-corrected chi connectivity index (χ4v) is 2.98. The minimum absolute atomic E-state index is 1.16. The summed E-state index contributed by atoms with van der Waals surface area (Å²) in [6.45, 7) is 5.85. The third-order valence-electron chi connectivity index (χ3n) is 4.33. The van der Waals surface area contributed by atoms with Gasteiger partial charge in [0.25, 0.3) is 0 Å². The molecule has 0 aliphatic heterocycles. The molecule has 0 atom stereocenters. The van der Waals surface area contributed by atoms with E-state index in [0.717, 1.165) is 11.3 Å². The highest BCUT2D eigenvalue weighted by atomic mass is 15.1. The number of hydrogen-bond acceptors (Lipinski definition) is 1. The smallest absolute Gasteiger partial charge is 0.0414 e. The van der Waals surface area contributed by atoms with Crippen LogP contribution in [0.15, 0.2) is 97.6 Å². The van der Waals surface area contributed by atoms with Crippen molar-refractivity contribution in [2.24, 2.45) is 0 Å². The van der Waals surface area contributed by atoms with E-state index in [9.17, 15) is 0 Å². The average Bonchev–Trinajstić information content (AvgIpc) is 2.67. The topological polar surface area (TPSA) is 3.24 Å². The molecule has 0 aliphatic rings. The third kappa shape index (κ3) is 3.72. The Morgan fingerprint density at radius 3 is 2.40 bits per heavy atom. The largest absolute Gasteiger partial charge is 0.345 e. The summed E-state index contributed by atoms with van der Waals surface area (Å²) in [6.07, 6.45) is 8.02. The molecule has 3 aromatic carbocycles. The summed E-state index contributed by atoms with van der Waals surface area (Å²) in [6, 6.07) is 23.6. The van der Waals surface area contributed by atoms with Crippen molar-refractivity contribution < 1.29 is 0 Å². The highest BCUT2D eigenvalue weighted by Crippen LogP contribution is 2.29. The van der Waals surface area contributed by atoms with Crippen molar-refractivity contribution in [3.8, 4) is 0 Å². The Balaban J connectivity index is 1.98. The maximum absolute atomic E-state index is 3.82. The van der Waals surface area contributed by atoms with E-state index < -0.39 is 0 Å². The lowest BCUT2D eigenvalue weighted by atomic mass is 10.0. The number of benzene rings is 3. The zero-order valence-corrected chi connectivity index (χ0v) is 14.8. The van der Waals surface area contributed by atoms with Crippen LogP contribution in [0.4, 0.5) is 11.4 Å². The van der Waals surface area contributed by atoms with E-state index in [1.807, 2.05) is 19.1 Å². The molecule has 0 unspecified atom stereocenters. The van der Waals surface area contributed by atoms with Crippen LogP contribution < -0.4 is 4.90 Å². The highest BCUT2D eigenvalue weighted by molar-refractivity contribution is 5.87. The van der Waals surface area contributed by atoms with Crippen LogP contribution in [0, 0.1) is 0 Å². The molecule has 0 N–H and O–H groups in total. The van der Waals surface area contributed by atoms with Gasteiger partial charge in [0, 0.05) is 18.4 Å². The van der Waals surface area contributed by atoms with Crippen LogP contribution in [-0.2, 0) is 0 Å². The molecule has 0 heterocycles. The van der Waals surface area contributed by atoms with Crippen molar-refractivity contribution in [3.05, 3.63) is 103 Å². The van der Waals surface area contributed by atoms with Crippen LogP contribution in [-0.4, -0.2) is 7.05 Å². The lowest BCUT2D eigenvalue weighted by Crippen LogP contribution is -2.09. The Morgan fingerprint density at radius 2 is 1.64 bits per heavy atom. The van der Waals surface area contributed by atoms with E-state index in [4.69, 9.17) is 0 Å². The van der Waals surface area contributed by atoms with Crippen molar-refractivity contribution in [1.29, 1.82) is 0 Å². The summed E-state index contributed by atoms with van der Waals surface area (Å²) in [5.41, 5.74) is 4.68. The molecule has 1 nitrogen and oxygen atoms in total. The van der Waals surface area contributed by atoms with Crippen molar-refractivity contribution in [1.82, 2.24) is 0 Å². The van der Waals surface area contributed by atoms with Gasteiger partial charge in [-0.2, -0.15) is 0 Å². The van der Waals surface area contributed by atoms with Gasteiger partial charge in [0.1, 0.15) is 0 Å². The highest BCUT2D eigenvalue weighted by Gasteiger charge is 2.07. The summed E-state index contributed by atoms with van der Waals surface area (Å²) in [4.78, 5) is 2.22. The molecule has 25 heavy (non-hydrogen) atoms.